The first-order chi connectivity index (χ1) is 7.45. The molecule has 0 amide bonds. The van der Waals surface area contributed by atoms with Gasteiger partial charge in [-0.2, -0.15) is 0 Å². The zero-order valence-corrected chi connectivity index (χ0v) is 13.2. The van der Waals surface area contributed by atoms with Crippen LogP contribution < -0.4 is 0 Å². The number of hydrogen-bond acceptors (Lipinski definition) is 0. The number of allylic oxidation sites excluding steroid dienone is 4. The van der Waals surface area contributed by atoms with Gasteiger partial charge in [-0.3, -0.25) is 0 Å². The summed E-state index contributed by atoms with van der Waals surface area (Å²) in [4.78, 5) is 0. The highest BCUT2D eigenvalue weighted by molar-refractivity contribution is 6.55. The third-order valence-electron chi connectivity index (χ3n) is 3.01. The van der Waals surface area contributed by atoms with E-state index in [1.807, 2.05) is 0 Å². The minimum Gasteiger partial charge on any atom is -0.106 e. The molecule has 0 bridgehead atoms. The molecular weight excluding hydrogens is 207 g/mol. The van der Waals surface area contributed by atoms with Gasteiger partial charge in [0.05, 0.1) is 0 Å². The minimum absolute atomic E-state index is 0.381. The summed E-state index contributed by atoms with van der Waals surface area (Å²) in [5, 5.41) is 1.47. The quantitative estimate of drug-likeness (QED) is 0.415. The molecule has 0 saturated heterocycles. The number of rotatable bonds is 7. The average molecular weight is 236 g/mol. The molecule has 16 heavy (non-hydrogen) atoms. The minimum atomic E-state index is -0.381. The lowest BCUT2D eigenvalue weighted by atomic mass is 10.0. The average Bonchev–Trinajstić information content (AvgIpc) is 2.15. The number of hydrogen-bond donors (Lipinski definition) is 0. The zero-order chi connectivity index (χ0) is 12.6. The van der Waals surface area contributed by atoms with Crippen LogP contribution in [0.4, 0.5) is 0 Å². The molecule has 0 heterocycles. The Hall–Kier alpha value is 0.0125. The monoisotopic (exact) mass is 236 g/mol. The van der Waals surface area contributed by atoms with Crippen LogP contribution in [0.25, 0.3) is 0 Å². The predicted octanol–water partition coefficient (Wildman–Crippen LogP) is 5.32. The largest absolute Gasteiger partial charge is 0.255 e. The molecule has 0 aliphatic carbocycles. The van der Waals surface area contributed by atoms with Crippen molar-refractivity contribution >= 4 is 14.1 Å². The first-order valence-electron chi connectivity index (χ1n) is 6.79. The van der Waals surface area contributed by atoms with Crippen LogP contribution in [0, 0.1) is 11.8 Å². The van der Waals surface area contributed by atoms with E-state index in [9.17, 15) is 0 Å². The molecule has 0 N–H and O–H groups in total. The van der Waals surface area contributed by atoms with Gasteiger partial charge in [0.15, 0.2) is 0 Å². The highest BCUT2D eigenvalue weighted by Crippen LogP contribution is 2.17. The Kier molecular flexibility index (Phi) is 9.09. The maximum Gasteiger partial charge on any atom is 0.255 e. The standard InChI is InChI=1S/C13H23.2CH3.Al/c1-6-12(4)8-7-9-13(5)10-11(2)3;;;/h7-9,11-12H,2,6,10H2,1,3-5H3;2*1H3;/b8-7+,13-9+;;;/t11-,12+;;;/m1.../s1. The molecule has 0 saturated carbocycles. The normalized spacial score (nSPS) is 16.5. The third-order valence-corrected chi connectivity index (χ3v) is 4.76. The van der Waals surface area contributed by atoms with E-state index in [0.29, 0.717) is 5.92 Å². The van der Waals surface area contributed by atoms with Crippen LogP contribution in [0.1, 0.15) is 40.5 Å². The second-order valence-corrected chi connectivity index (χ2v) is 8.98. The molecule has 0 aromatic rings. The van der Waals surface area contributed by atoms with E-state index in [1.54, 1.807) is 0 Å². The van der Waals surface area contributed by atoms with Gasteiger partial charge in [0.2, 0.25) is 0 Å². The summed E-state index contributed by atoms with van der Waals surface area (Å²) in [5.74, 6) is 6.47. The fraction of sp³-hybridized carbons (Fsp3) is 0.733. The first-order valence-corrected chi connectivity index (χ1v) is 9.92. The van der Waals surface area contributed by atoms with Crippen molar-refractivity contribution in [3.63, 3.8) is 0 Å². The molecule has 0 radical (unpaired) electrons. The van der Waals surface area contributed by atoms with Crippen LogP contribution >= 0.6 is 0 Å². The molecule has 0 unspecified atom stereocenters. The molecule has 0 aromatic heterocycles. The fourth-order valence-electron chi connectivity index (χ4n) is 2.05. The van der Waals surface area contributed by atoms with E-state index < -0.39 is 0 Å². The Morgan fingerprint density at radius 2 is 1.88 bits per heavy atom. The highest BCUT2D eigenvalue weighted by Gasteiger charge is 2.08. The smallest absolute Gasteiger partial charge is 0.106 e. The van der Waals surface area contributed by atoms with E-state index in [-0.39, 0.29) is 14.1 Å². The van der Waals surface area contributed by atoms with Gasteiger partial charge < -0.3 is 0 Å². The summed E-state index contributed by atoms with van der Waals surface area (Å²) in [7, 11) is 0. The summed E-state index contributed by atoms with van der Waals surface area (Å²) in [6.45, 7) is 9.16. The van der Waals surface area contributed by atoms with E-state index in [2.05, 4.69) is 57.5 Å². The van der Waals surface area contributed by atoms with Crippen molar-refractivity contribution in [2.75, 3.05) is 0 Å². The molecule has 0 spiro atoms. The van der Waals surface area contributed by atoms with Crippen molar-refractivity contribution in [2.24, 2.45) is 11.8 Å². The van der Waals surface area contributed by atoms with Crippen molar-refractivity contribution in [3.05, 3.63) is 23.8 Å². The Morgan fingerprint density at radius 1 is 1.25 bits per heavy atom. The molecule has 0 aliphatic rings. The van der Waals surface area contributed by atoms with Gasteiger partial charge in [0.25, 0.3) is 14.1 Å². The summed E-state index contributed by atoms with van der Waals surface area (Å²) in [6.07, 6.45) is 9.35. The van der Waals surface area contributed by atoms with Gasteiger partial charge in [0, 0.05) is 0 Å². The summed E-state index contributed by atoms with van der Waals surface area (Å²) in [5.41, 5.74) is 1.53. The van der Waals surface area contributed by atoms with Crippen molar-refractivity contribution in [1.29, 1.82) is 0 Å². The highest BCUT2D eigenvalue weighted by atomic mass is 27.2. The van der Waals surface area contributed by atoms with E-state index in [0.717, 1.165) is 5.92 Å². The molecule has 1 heteroatoms. The maximum absolute atomic E-state index is 2.44. The fourth-order valence-corrected chi connectivity index (χ4v) is 3.83. The van der Waals surface area contributed by atoms with Gasteiger partial charge in [0.1, 0.15) is 0 Å². The van der Waals surface area contributed by atoms with Crippen LogP contribution in [-0.4, -0.2) is 14.1 Å². The molecule has 0 aliphatic heterocycles. The maximum atomic E-state index is 2.44. The molecule has 92 valence electrons. The van der Waals surface area contributed by atoms with Crippen LogP contribution in [0.15, 0.2) is 23.8 Å². The van der Waals surface area contributed by atoms with E-state index >= 15 is 0 Å². The third kappa shape index (κ3) is 9.25. The Morgan fingerprint density at radius 3 is 2.38 bits per heavy atom. The van der Waals surface area contributed by atoms with Crippen molar-refractivity contribution < 1.29 is 0 Å². The summed E-state index contributed by atoms with van der Waals surface area (Å²) in [6, 6.07) is 0. The van der Waals surface area contributed by atoms with Crippen molar-refractivity contribution in [3.8, 4) is 0 Å². The van der Waals surface area contributed by atoms with Crippen LogP contribution in [0.2, 0.25) is 16.9 Å². The zero-order valence-electron chi connectivity index (χ0n) is 12.1. The van der Waals surface area contributed by atoms with Gasteiger partial charge in [-0.05, 0) is 19.3 Å². The topological polar surface area (TPSA) is 0 Å². The summed E-state index contributed by atoms with van der Waals surface area (Å²) >= 11 is -0.381. The van der Waals surface area contributed by atoms with E-state index in [1.165, 1.54) is 23.7 Å². The molecular formula is C15H29Al. The molecule has 0 fully saturated rings. The lowest BCUT2D eigenvalue weighted by molar-refractivity contribution is 0.635. The lowest BCUT2D eigenvalue weighted by Crippen LogP contribution is -2.06. The van der Waals surface area contributed by atoms with Crippen molar-refractivity contribution in [2.45, 2.75) is 57.4 Å². The van der Waals surface area contributed by atoms with Crippen LogP contribution in [0.3, 0.4) is 0 Å². The lowest BCUT2D eigenvalue weighted by Gasteiger charge is -2.11. The van der Waals surface area contributed by atoms with Gasteiger partial charge in [-0.15, -0.1) is 11.6 Å². The Balaban J connectivity index is 3.99. The predicted molar refractivity (Wildman–Crippen MR) is 78.4 cm³/mol. The van der Waals surface area contributed by atoms with Gasteiger partial charge in [-0.1, -0.05) is 62.2 Å². The van der Waals surface area contributed by atoms with Crippen LogP contribution in [-0.2, 0) is 0 Å². The summed E-state index contributed by atoms with van der Waals surface area (Å²) < 4.78 is 0. The second kappa shape index (κ2) is 9.09. The Labute approximate surface area is 107 Å². The van der Waals surface area contributed by atoms with Crippen LogP contribution in [0.5, 0.6) is 0 Å². The molecule has 2 atom stereocenters. The molecule has 0 rings (SSSR count). The SMILES string of the molecule is CC[C@H](C)/C=C/C=C(\C)C[C@@H](C)[CH2][Al]([CH3])[CH3]. The molecule has 0 aromatic carbocycles. The Bertz CT molecular complexity index is 226. The van der Waals surface area contributed by atoms with Gasteiger partial charge >= 0.3 is 0 Å². The van der Waals surface area contributed by atoms with E-state index in [4.69, 9.17) is 0 Å². The van der Waals surface area contributed by atoms with Gasteiger partial charge in [-0.25, -0.2) is 0 Å². The van der Waals surface area contributed by atoms with Crippen molar-refractivity contribution in [1.82, 2.24) is 0 Å². The molecule has 0 nitrogen and oxygen atoms in total. The first kappa shape index (κ1) is 16.0. The second-order valence-electron chi connectivity index (χ2n) is 5.72.